The first-order chi connectivity index (χ1) is 6.68. The Morgan fingerprint density at radius 3 is 2.79 bits per heavy atom. The molecule has 0 aliphatic carbocycles. The molecule has 2 heterocycles. The molecule has 0 aromatic heterocycles. The van der Waals surface area contributed by atoms with E-state index in [4.69, 9.17) is 4.74 Å². The van der Waals surface area contributed by atoms with Crippen LogP contribution in [0.25, 0.3) is 0 Å². The van der Waals surface area contributed by atoms with Gasteiger partial charge in [-0.05, 0) is 13.3 Å². The third-order valence-electron chi connectivity index (χ3n) is 2.79. The minimum atomic E-state index is -0.293. The third kappa shape index (κ3) is 1.65. The van der Waals surface area contributed by atoms with E-state index in [0.717, 1.165) is 6.42 Å². The van der Waals surface area contributed by atoms with Crippen LogP contribution in [0.3, 0.4) is 0 Å². The van der Waals surface area contributed by atoms with Crippen LogP contribution in [0.15, 0.2) is 0 Å². The lowest BCUT2D eigenvalue weighted by Crippen LogP contribution is -2.63. The highest BCUT2D eigenvalue weighted by Crippen LogP contribution is 2.18. The van der Waals surface area contributed by atoms with Gasteiger partial charge in [-0.2, -0.15) is 0 Å². The molecule has 0 spiro atoms. The van der Waals surface area contributed by atoms with Crippen molar-refractivity contribution in [3.63, 3.8) is 0 Å². The zero-order chi connectivity index (χ0) is 10.1. The molecule has 14 heavy (non-hydrogen) atoms. The topological polar surface area (TPSA) is 67.4 Å². The highest BCUT2D eigenvalue weighted by molar-refractivity contribution is 6.02. The molecule has 2 saturated heterocycles. The standard InChI is InChI=1S/C9H14N2O3/c1-5-8(12)11-9(13)7(10-5)6-2-3-14-4-6/h5-7,10H,2-4H2,1H3,(H,11,12,13). The van der Waals surface area contributed by atoms with Gasteiger partial charge in [-0.25, -0.2) is 0 Å². The van der Waals surface area contributed by atoms with Gasteiger partial charge < -0.3 is 4.74 Å². The van der Waals surface area contributed by atoms with Gasteiger partial charge >= 0.3 is 0 Å². The predicted molar refractivity (Wildman–Crippen MR) is 48.5 cm³/mol. The van der Waals surface area contributed by atoms with Gasteiger partial charge in [0.15, 0.2) is 0 Å². The SMILES string of the molecule is CC1NC(C2CCOC2)C(=O)NC1=O. The molecule has 5 nitrogen and oxygen atoms in total. The average Bonchev–Trinajstić information content (AvgIpc) is 2.64. The summed E-state index contributed by atoms with van der Waals surface area (Å²) in [5.41, 5.74) is 0. The van der Waals surface area contributed by atoms with E-state index in [-0.39, 0.29) is 29.8 Å². The van der Waals surface area contributed by atoms with E-state index in [9.17, 15) is 9.59 Å². The van der Waals surface area contributed by atoms with Crippen molar-refractivity contribution in [2.45, 2.75) is 25.4 Å². The van der Waals surface area contributed by atoms with Crippen molar-refractivity contribution in [1.82, 2.24) is 10.6 Å². The van der Waals surface area contributed by atoms with E-state index in [1.54, 1.807) is 6.92 Å². The van der Waals surface area contributed by atoms with E-state index in [1.165, 1.54) is 0 Å². The van der Waals surface area contributed by atoms with Gasteiger partial charge in [0.05, 0.1) is 18.7 Å². The number of rotatable bonds is 1. The van der Waals surface area contributed by atoms with Crippen molar-refractivity contribution < 1.29 is 14.3 Å². The molecule has 2 aliphatic rings. The summed E-state index contributed by atoms with van der Waals surface area (Å²) in [5, 5.41) is 5.38. The van der Waals surface area contributed by atoms with Gasteiger partial charge in [0.2, 0.25) is 11.8 Å². The molecular weight excluding hydrogens is 184 g/mol. The van der Waals surface area contributed by atoms with Gasteiger partial charge in [-0.1, -0.05) is 0 Å². The molecule has 2 rings (SSSR count). The van der Waals surface area contributed by atoms with Gasteiger partial charge in [-0.3, -0.25) is 20.2 Å². The molecule has 0 bridgehead atoms. The fraction of sp³-hybridized carbons (Fsp3) is 0.778. The molecule has 2 aliphatic heterocycles. The number of piperazine rings is 1. The van der Waals surface area contributed by atoms with Gasteiger partial charge in [-0.15, -0.1) is 0 Å². The summed E-state index contributed by atoms with van der Waals surface area (Å²) in [5.74, 6) is -0.265. The van der Waals surface area contributed by atoms with Crippen LogP contribution in [-0.4, -0.2) is 37.1 Å². The maximum absolute atomic E-state index is 11.5. The van der Waals surface area contributed by atoms with Crippen LogP contribution >= 0.6 is 0 Å². The molecule has 0 aromatic rings. The summed E-state index contributed by atoms with van der Waals surface area (Å²) < 4.78 is 5.22. The minimum Gasteiger partial charge on any atom is -0.381 e. The number of hydrogen-bond acceptors (Lipinski definition) is 4. The van der Waals surface area contributed by atoms with E-state index in [2.05, 4.69) is 10.6 Å². The Labute approximate surface area is 82.2 Å². The number of amides is 2. The Kier molecular flexibility index (Phi) is 2.52. The van der Waals surface area contributed by atoms with Crippen LogP contribution in [0.2, 0.25) is 0 Å². The molecule has 2 N–H and O–H groups in total. The first kappa shape index (κ1) is 9.61. The van der Waals surface area contributed by atoms with E-state index in [0.29, 0.717) is 13.2 Å². The van der Waals surface area contributed by atoms with Crippen LogP contribution in [0.1, 0.15) is 13.3 Å². The number of hydrogen-bond donors (Lipinski definition) is 2. The minimum absolute atomic E-state index is 0.200. The van der Waals surface area contributed by atoms with Crippen LogP contribution in [0.4, 0.5) is 0 Å². The smallest absolute Gasteiger partial charge is 0.244 e. The Balaban J connectivity index is 2.04. The fourth-order valence-corrected chi connectivity index (χ4v) is 1.89. The lowest BCUT2D eigenvalue weighted by molar-refractivity contribution is -0.137. The van der Waals surface area contributed by atoms with Crippen molar-refractivity contribution in [2.24, 2.45) is 5.92 Å². The number of nitrogens with one attached hydrogen (secondary N) is 2. The Morgan fingerprint density at radius 2 is 2.14 bits per heavy atom. The second-order valence-corrected chi connectivity index (χ2v) is 3.84. The number of imide groups is 1. The second kappa shape index (κ2) is 3.67. The van der Waals surface area contributed by atoms with E-state index >= 15 is 0 Å². The Morgan fingerprint density at radius 1 is 1.36 bits per heavy atom. The van der Waals surface area contributed by atoms with Crippen LogP contribution < -0.4 is 10.6 Å². The molecule has 0 aromatic carbocycles. The maximum Gasteiger partial charge on any atom is 0.244 e. The summed E-state index contributed by atoms with van der Waals surface area (Å²) in [6.45, 7) is 3.06. The van der Waals surface area contributed by atoms with Crippen molar-refractivity contribution >= 4 is 11.8 Å². The lowest BCUT2D eigenvalue weighted by Gasteiger charge is -2.30. The highest BCUT2D eigenvalue weighted by atomic mass is 16.5. The number of carbonyl (C=O) groups is 2. The Hall–Kier alpha value is -0.940. The van der Waals surface area contributed by atoms with Gasteiger partial charge in [0.1, 0.15) is 0 Å². The maximum atomic E-state index is 11.5. The predicted octanol–water partition coefficient (Wildman–Crippen LogP) is -0.974. The number of carbonyl (C=O) groups excluding carboxylic acids is 2. The number of ether oxygens (including phenoxy) is 1. The Bertz CT molecular complexity index is 261. The van der Waals surface area contributed by atoms with Gasteiger partial charge in [0.25, 0.3) is 0 Å². The van der Waals surface area contributed by atoms with Crippen molar-refractivity contribution in [3.05, 3.63) is 0 Å². The normalized spacial score (nSPS) is 38.5. The summed E-state index contributed by atoms with van der Waals surface area (Å²) in [4.78, 5) is 22.6. The highest BCUT2D eigenvalue weighted by Gasteiger charge is 2.37. The molecule has 3 unspecified atom stereocenters. The van der Waals surface area contributed by atoms with Crippen molar-refractivity contribution in [2.75, 3.05) is 13.2 Å². The van der Waals surface area contributed by atoms with Gasteiger partial charge in [0, 0.05) is 12.5 Å². The van der Waals surface area contributed by atoms with E-state index < -0.39 is 0 Å². The molecule has 0 saturated carbocycles. The molecule has 78 valence electrons. The summed E-state index contributed by atoms with van der Waals surface area (Å²) in [6, 6.07) is -0.566. The summed E-state index contributed by atoms with van der Waals surface area (Å²) >= 11 is 0. The van der Waals surface area contributed by atoms with Crippen LogP contribution in [-0.2, 0) is 14.3 Å². The fourth-order valence-electron chi connectivity index (χ4n) is 1.89. The zero-order valence-electron chi connectivity index (χ0n) is 8.08. The lowest BCUT2D eigenvalue weighted by atomic mass is 9.95. The van der Waals surface area contributed by atoms with Crippen LogP contribution in [0.5, 0.6) is 0 Å². The second-order valence-electron chi connectivity index (χ2n) is 3.84. The molecular formula is C9H14N2O3. The first-order valence-corrected chi connectivity index (χ1v) is 4.87. The molecule has 0 radical (unpaired) electrons. The van der Waals surface area contributed by atoms with Crippen molar-refractivity contribution in [1.29, 1.82) is 0 Å². The molecule has 2 amide bonds. The largest absolute Gasteiger partial charge is 0.381 e. The van der Waals surface area contributed by atoms with E-state index in [1.807, 2.05) is 0 Å². The zero-order valence-corrected chi connectivity index (χ0v) is 8.08. The molecule has 2 fully saturated rings. The summed E-state index contributed by atoms with van der Waals surface area (Å²) in [7, 11) is 0. The molecule has 5 heteroatoms. The quantitative estimate of drug-likeness (QED) is 0.532. The first-order valence-electron chi connectivity index (χ1n) is 4.87. The van der Waals surface area contributed by atoms with Crippen molar-refractivity contribution in [3.8, 4) is 0 Å². The average molecular weight is 198 g/mol. The summed E-state index contributed by atoms with van der Waals surface area (Å²) in [6.07, 6.45) is 0.881. The molecule has 3 atom stereocenters. The third-order valence-corrected chi connectivity index (χ3v) is 2.79. The van der Waals surface area contributed by atoms with Crippen LogP contribution in [0, 0.1) is 5.92 Å². The monoisotopic (exact) mass is 198 g/mol.